The number of carbonyl (C=O) groups excluding carboxylic acids is 1. The van der Waals surface area contributed by atoms with E-state index in [1.54, 1.807) is 17.0 Å². The fourth-order valence-corrected chi connectivity index (χ4v) is 3.14. The minimum atomic E-state index is -0.436. The van der Waals surface area contributed by atoms with Crippen molar-refractivity contribution in [2.45, 2.75) is 12.5 Å². The Kier molecular flexibility index (Phi) is 3.61. The molecular weight excluding hydrogens is 322 g/mol. The van der Waals surface area contributed by atoms with Gasteiger partial charge >= 0.3 is 6.09 Å². The van der Waals surface area contributed by atoms with Gasteiger partial charge in [-0.25, -0.2) is 4.79 Å². The van der Waals surface area contributed by atoms with Gasteiger partial charge in [-0.05, 0) is 24.1 Å². The fourth-order valence-electron chi connectivity index (χ4n) is 3.14. The van der Waals surface area contributed by atoms with Gasteiger partial charge in [0, 0.05) is 23.0 Å². The lowest BCUT2D eigenvalue weighted by molar-refractivity contribution is -0.384. The van der Waals surface area contributed by atoms with Crippen LogP contribution in [0.3, 0.4) is 0 Å². The average molecular weight is 337 g/mol. The third kappa shape index (κ3) is 2.80. The number of benzene rings is 2. The number of hydrogen-bond donors (Lipinski definition) is 1. The summed E-state index contributed by atoms with van der Waals surface area (Å²) in [5.74, 6) is 0.582. The first-order valence-corrected chi connectivity index (χ1v) is 7.89. The Labute approximate surface area is 143 Å². The Morgan fingerprint density at radius 2 is 2.00 bits per heavy atom. The Hall–Kier alpha value is -3.35. The highest BCUT2D eigenvalue weighted by Crippen LogP contribution is 2.30. The van der Waals surface area contributed by atoms with Gasteiger partial charge in [-0.2, -0.15) is 0 Å². The number of fused-ring (bicyclic) bond motifs is 1. The number of anilines is 1. The van der Waals surface area contributed by atoms with Crippen LogP contribution in [0, 0.1) is 10.1 Å². The van der Waals surface area contributed by atoms with Crippen molar-refractivity contribution >= 4 is 28.5 Å². The van der Waals surface area contributed by atoms with Crippen molar-refractivity contribution in [1.82, 2.24) is 4.98 Å². The Morgan fingerprint density at radius 1 is 1.20 bits per heavy atom. The highest BCUT2D eigenvalue weighted by Gasteiger charge is 2.35. The largest absolute Gasteiger partial charge is 0.447 e. The SMILES string of the molecule is O=C1OC[C@H](Cc2ccccc2)N1c1cc2cc([N+](=O)[O-])ccc2[nH]1. The van der Waals surface area contributed by atoms with Gasteiger partial charge in [0.2, 0.25) is 0 Å². The summed E-state index contributed by atoms with van der Waals surface area (Å²) in [5.41, 5.74) is 1.86. The lowest BCUT2D eigenvalue weighted by Crippen LogP contribution is -2.35. The number of aromatic nitrogens is 1. The molecule has 1 aromatic heterocycles. The number of ether oxygens (including phenoxy) is 1. The van der Waals surface area contributed by atoms with E-state index in [4.69, 9.17) is 4.74 Å². The first kappa shape index (κ1) is 15.2. The molecule has 0 radical (unpaired) electrons. The van der Waals surface area contributed by atoms with Gasteiger partial charge in [-0.1, -0.05) is 30.3 Å². The predicted molar refractivity (Wildman–Crippen MR) is 92.7 cm³/mol. The Bertz CT molecular complexity index is 951. The van der Waals surface area contributed by atoms with E-state index >= 15 is 0 Å². The molecule has 1 aliphatic rings. The van der Waals surface area contributed by atoms with Crippen molar-refractivity contribution in [1.29, 1.82) is 0 Å². The summed E-state index contributed by atoms with van der Waals surface area (Å²) in [6.07, 6.45) is 0.254. The first-order valence-electron chi connectivity index (χ1n) is 7.89. The normalized spacial score (nSPS) is 17.0. The van der Waals surface area contributed by atoms with Crippen molar-refractivity contribution < 1.29 is 14.5 Å². The molecule has 0 saturated carbocycles. The van der Waals surface area contributed by atoms with Crippen molar-refractivity contribution in [3.63, 3.8) is 0 Å². The van der Waals surface area contributed by atoms with Gasteiger partial charge in [0.15, 0.2) is 0 Å². The molecular formula is C18H15N3O4. The number of nitro groups is 1. The summed E-state index contributed by atoms with van der Waals surface area (Å²) in [5, 5.41) is 11.6. The molecule has 0 bridgehead atoms. The van der Waals surface area contributed by atoms with Crippen molar-refractivity contribution in [2.24, 2.45) is 0 Å². The minimum Gasteiger partial charge on any atom is -0.447 e. The molecule has 1 fully saturated rings. The van der Waals surface area contributed by atoms with Crippen molar-refractivity contribution in [3.05, 3.63) is 70.3 Å². The highest BCUT2D eigenvalue weighted by atomic mass is 16.6. The van der Waals surface area contributed by atoms with Crippen LogP contribution in [0.25, 0.3) is 10.9 Å². The molecule has 1 amide bonds. The van der Waals surface area contributed by atoms with E-state index in [-0.39, 0.29) is 11.7 Å². The molecule has 1 saturated heterocycles. The van der Waals surface area contributed by atoms with Gasteiger partial charge in [-0.3, -0.25) is 15.0 Å². The minimum absolute atomic E-state index is 0.0166. The molecule has 126 valence electrons. The number of non-ortho nitro benzene ring substituents is 1. The molecule has 1 atom stereocenters. The number of cyclic esters (lactones) is 1. The van der Waals surface area contributed by atoms with E-state index in [0.717, 1.165) is 11.1 Å². The second kappa shape index (κ2) is 5.94. The van der Waals surface area contributed by atoms with Crippen LogP contribution in [0.5, 0.6) is 0 Å². The van der Waals surface area contributed by atoms with Gasteiger partial charge in [0.25, 0.3) is 5.69 Å². The molecule has 0 spiro atoms. The number of aromatic amines is 1. The second-order valence-electron chi connectivity index (χ2n) is 5.97. The molecule has 1 N–H and O–H groups in total. The second-order valence-corrected chi connectivity index (χ2v) is 5.97. The Morgan fingerprint density at radius 3 is 2.76 bits per heavy atom. The molecule has 7 heteroatoms. The van der Waals surface area contributed by atoms with E-state index in [0.29, 0.717) is 24.2 Å². The molecule has 2 heterocycles. The molecule has 2 aromatic carbocycles. The van der Waals surface area contributed by atoms with Crippen LogP contribution < -0.4 is 4.90 Å². The van der Waals surface area contributed by atoms with Gasteiger partial charge in [0.1, 0.15) is 12.4 Å². The average Bonchev–Trinajstić information content (AvgIpc) is 3.18. The summed E-state index contributed by atoms with van der Waals surface area (Å²) in [7, 11) is 0. The first-order chi connectivity index (χ1) is 12.1. The maximum Gasteiger partial charge on any atom is 0.415 e. The molecule has 0 aliphatic carbocycles. The summed E-state index contributed by atoms with van der Waals surface area (Å²) >= 11 is 0. The molecule has 0 unspecified atom stereocenters. The summed E-state index contributed by atoms with van der Waals surface area (Å²) in [6.45, 7) is 0.309. The summed E-state index contributed by atoms with van der Waals surface area (Å²) in [6, 6.07) is 16.1. The summed E-state index contributed by atoms with van der Waals surface area (Å²) in [4.78, 5) is 27.4. The highest BCUT2D eigenvalue weighted by molar-refractivity contribution is 5.94. The number of amides is 1. The van der Waals surface area contributed by atoms with Gasteiger partial charge in [-0.15, -0.1) is 0 Å². The number of nitrogens with one attached hydrogen (secondary N) is 1. The van der Waals surface area contributed by atoms with Crippen LogP contribution >= 0.6 is 0 Å². The third-order valence-electron chi connectivity index (χ3n) is 4.34. The zero-order valence-electron chi connectivity index (χ0n) is 13.2. The summed E-state index contributed by atoms with van der Waals surface area (Å²) < 4.78 is 5.22. The topological polar surface area (TPSA) is 88.5 Å². The lowest BCUT2D eigenvalue weighted by Gasteiger charge is -2.19. The number of carbonyl (C=O) groups is 1. The number of hydrogen-bond acceptors (Lipinski definition) is 4. The van der Waals surface area contributed by atoms with E-state index < -0.39 is 11.0 Å². The van der Waals surface area contributed by atoms with Crippen LogP contribution in [0.2, 0.25) is 0 Å². The number of nitro benzene ring substituents is 1. The van der Waals surface area contributed by atoms with Crippen LogP contribution in [0.15, 0.2) is 54.6 Å². The molecule has 1 aliphatic heterocycles. The monoisotopic (exact) mass is 337 g/mol. The van der Waals surface area contributed by atoms with E-state index in [1.807, 2.05) is 30.3 Å². The molecule has 25 heavy (non-hydrogen) atoms. The number of nitrogens with zero attached hydrogens (tertiary/aromatic N) is 2. The zero-order valence-corrected chi connectivity index (χ0v) is 13.2. The molecule has 7 nitrogen and oxygen atoms in total. The lowest BCUT2D eigenvalue weighted by atomic mass is 10.1. The van der Waals surface area contributed by atoms with E-state index in [2.05, 4.69) is 4.98 Å². The van der Waals surface area contributed by atoms with Crippen LogP contribution in [0.4, 0.5) is 16.3 Å². The van der Waals surface area contributed by atoms with E-state index in [9.17, 15) is 14.9 Å². The quantitative estimate of drug-likeness (QED) is 0.581. The molecule has 3 aromatic rings. The standard InChI is InChI=1S/C18H15N3O4/c22-18-20(15(11-25-18)8-12-4-2-1-3-5-12)17-10-13-9-14(21(23)24)6-7-16(13)19-17/h1-7,9-10,15,19H,8,11H2/t15-/m0/s1. The number of rotatable bonds is 4. The van der Waals surface area contributed by atoms with Crippen molar-refractivity contribution in [3.8, 4) is 0 Å². The number of H-pyrrole nitrogens is 1. The zero-order chi connectivity index (χ0) is 17.4. The van der Waals surface area contributed by atoms with Crippen LogP contribution in [-0.4, -0.2) is 28.6 Å². The molecule has 4 rings (SSSR count). The Balaban J connectivity index is 1.67. The maximum absolute atomic E-state index is 12.2. The smallest absolute Gasteiger partial charge is 0.415 e. The van der Waals surface area contributed by atoms with Crippen molar-refractivity contribution in [2.75, 3.05) is 11.5 Å². The third-order valence-corrected chi connectivity index (χ3v) is 4.34. The van der Waals surface area contributed by atoms with Gasteiger partial charge < -0.3 is 9.72 Å². The fraction of sp³-hybridized carbons (Fsp3) is 0.167. The van der Waals surface area contributed by atoms with E-state index in [1.165, 1.54) is 12.1 Å². The maximum atomic E-state index is 12.2. The van der Waals surface area contributed by atoms with Gasteiger partial charge in [0.05, 0.1) is 11.0 Å². The van der Waals surface area contributed by atoms with Crippen LogP contribution in [0.1, 0.15) is 5.56 Å². The van der Waals surface area contributed by atoms with Crippen LogP contribution in [-0.2, 0) is 11.2 Å². The predicted octanol–water partition coefficient (Wildman–Crippen LogP) is 3.64.